The van der Waals surface area contributed by atoms with Gasteiger partial charge < -0.3 is 4.90 Å². The summed E-state index contributed by atoms with van der Waals surface area (Å²) in [5, 5.41) is 0. The summed E-state index contributed by atoms with van der Waals surface area (Å²) in [6, 6.07) is 0. The van der Waals surface area contributed by atoms with E-state index in [1.807, 2.05) is 31.2 Å². The quantitative estimate of drug-likeness (QED) is 0.534. The van der Waals surface area contributed by atoms with Gasteiger partial charge in [0.2, 0.25) is 0 Å². The third-order valence-corrected chi connectivity index (χ3v) is 2.62. The van der Waals surface area contributed by atoms with Gasteiger partial charge in [-0.25, -0.2) is 0 Å². The summed E-state index contributed by atoms with van der Waals surface area (Å²) >= 11 is 0. The molecule has 0 aromatic heterocycles. The number of hydrogen-bond acceptors (Lipinski definition) is 1. The third kappa shape index (κ3) is 3.22. The van der Waals surface area contributed by atoms with Crippen LogP contribution in [0, 0.1) is 12.3 Å². The number of carbonyl (C=O) groups is 1. The Morgan fingerprint density at radius 1 is 1.65 bits per heavy atom. The van der Waals surface area contributed by atoms with E-state index in [4.69, 9.17) is 6.42 Å². The van der Waals surface area contributed by atoms with Crippen LogP contribution in [0.3, 0.4) is 0 Å². The SMILES string of the molecule is C#CCN(C=C)C(=O)/C(CC)=C1/C=CC=CC1. The van der Waals surface area contributed by atoms with E-state index in [1.54, 1.807) is 0 Å². The lowest BCUT2D eigenvalue weighted by atomic mass is 9.98. The summed E-state index contributed by atoms with van der Waals surface area (Å²) in [4.78, 5) is 13.7. The van der Waals surface area contributed by atoms with Crippen LogP contribution in [0.25, 0.3) is 0 Å². The summed E-state index contributed by atoms with van der Waals surface area (Å²) in [6.07, 6.45) is 16.2. The van der Waals surface area contributed by atoms with Gasteiger partial charge in [0.25, 0.3) is 5.91 Å². The van der Waals surface area contributed by atoms with Crippen molar-refractivity contribution in [1.82, 2.24) is 4.90 Å². The molecule has 0 spiro atoms. The number of hydrogen-bond donors (Lipinski definition) is 0. The number of carbonyl (C=O) groups excluding carboxylic acids is 1. The van der Waals surface area contributed by atoms with Gasteiger partial charge in [0, 0.05) is 11.8 Å². The van der Waals surface area contributed by atoms with Crippen molar-refractivity contribution in [1.29, 1.82) is 0 Å². The van der Waals surface area contributed by atoms with Gasteiger partial charge in [-0.1, -0.05) is 43.7 Å². The highest BCUT2D eigenvalue weighted by molar-refractivity contribution is 5.95. The Morgan fingerprint density at radius 2 is 2.41 bits per heavy atom. The van der Waals surface area contributed by atoms with Crippen molar-refractivity contribution in [3.05, 3.63) is 48.2 Å². The molecule has 2 nitrogen and oxygen atoms in total. The third-order valence-electron chi connectivity index (χ3n) is 2.62. The van der Waals surface area contributed by atoms with Crippen molar-refractivity contribution in [3.63, 3.8) is 0 Å². The molecule has 0 aliphatic heterocycles. The first-order valence-electron chi connectivity index (χ1n) is 5.66. The Bertz CT molecular complexity index is 432. The Labute approximate surface area is 103 Å². The van der Waals surface area contributed by atoms with Crippen LogP contribution in [0.4, 0.5) is 0 Å². The monoisotopic (exact) mass is 227 g/mol. The van der Waals surface area contributed by atoms with E-state index in [-0.39, 0.29) is 12.5 Å². The van der Waals surface area contributed by atoms with Gasteiger partial charge in [-0.2, -0.15) is 0 Å². The summed E-state index contributed by atoms with van der Waals surface area (Å²) in [6.45, 7) is 5.86. The molecule has 1 aliphatic rings. The molecule has 0 atom stereocenters. The second-order valence-corrected chi connectivity index (χ2v) is 3.67. The normalized spacial score (nSPS) is 16.2. The minimum atomic E-state index is -0.0459. The second-order valence-electron chi connectivity index (χ2n) is 3.67. The first kappa shape index (κ1) is 13.1. The van der Waals surface area contributed by atoms with Gasteiger partial charge in [-0.15, -0.1) is 6.42 Å². The van der Waals surface area contributed by atoms with Crippen LogP contribution < -0.4 is 0 Å². The first-order chi connectivity index (χ1) is 8.24. The standard InChI is InChI=1S/C15H17NO/c1-4-12-16(6-3)15(17)14(5-2)13-10-8-7-9-11-13/h1,6-10H,3,5,11-12H2,2H3/b14-13-. The van der Waals surface area contributed by atoms with E-state index < -0.39 is 0 Å². The van der Waals surface area contributed by atoms with Crippen molar-refractivity contribution in [3.8, 4) is 12.3 Å². The van der Waals surface area contributed by atoms with Gasteiger partial charge in [0.1, 0.15) is 0 Å². The molecular weight excluding hydrogens is 210 g/mol. The predicted octanol–water partition coefficient (Wildman–Crippen LogP) is 2.81. The maximum absolute atomic E-state index is 12.2. The van der Waals surface area contributed by atoms with Crippen molar-refractivity contribution in [2.24, 2.45) is 0 Å². The zero-order chi connectivity index (χ0) is 12.7. The van der Waals surface area contributed by atoms with Crippen molar-refractivity contribution in [2.75, 3.05) is 6.54 Å². The molecule has 2 heteroatoms. The molecule has 0 saturated heterocycles. The minimum Gasteiger partial charge on any atom is -0.304 e. The van der Waals surface area contributed by atoms with Crippen LogP contribution in [-0.2, 0) is 4.79 Å². The highest BCUT2D eigenvalue weighted by atomic mass is 16.2. The molecule has 0 heterocycles. The molecule has 0 unspecified atom stereocenters. The van der Waals surface area contributed by atoms with E-state index in [9.17, 15) is 4.79 Å². The Kier molecular flexibility index (Phi) is 5.03. The van der Waals surface area contributed by atoms with Crippen LogP contribution in [0.15, 0.2) is 48.2 Å². The molecule has 0 fully saturated rings. The van der Waals surface area contributed by atoms with Gasteiger partial charge in [-0.05, 0) is 18.4 Å². The fourth-order valence-corrected chi connectivity index (χ4v) is 1.74. The first-order valence-corrected chi connectivity index (χ1v) is 5.66. The molecule has 0 saturated carbocycles. The summed E-state index contributed by atoms with van der Waals surface area (Å²) in [5.41, 5.74) is 1.87. The molecular formula is C15H17NO. The molecule has 17 heavy (non-hydrogen) atoms. The molecule has 0 N–H and O–H groups in total. The number of allylic oxidation sites excluding steroid dienone is 5. The van der Waals surface area contributed by atoms with E-state index >= 15 is 0 Å². The summed E-state index contributed by atoms with van der Waals surface area (Å²) < 4.78 is 0. The summed E-state index contributed by atoms with van der Waals surface area (Å²) in [7, 11) is 0. The molecule has 0 radical (unpaired) electrons. The van der Waals surface area contributed by atoms with Crippen LogP contribution >= 0.6 is 0 Å². The average Bonchev–Trinajstić information content (AvgIpc) is 2.38. The second kappa shape index (κ2) is 6.55. The maximum Gasteiger partial charge on any atom is 0.254 e. The van der Waals surface area contributed by atoms with Crippen molar-refractivity contribution in [2.45, 2.75) is 19.8 Å². The molecule has 0 bridgehead atoms. The van der Waals surface area contributed by atoms with E-state index in [0.717, 1.165) is 17.6 Å². The van der Waals surface area contributed by atoms with Gasteiger partial charge in [0.05, 0.1) is 6.54 Å². The Hall–Kier alpha value is -2.01. The van der Waals surface area contributed by atoms with Crippen molar-refractivity contribution < 1.29 is 4.79 Å². The van der Waals surface area contributed by atoms with Crippen LogP contribution in [0.2, 0.25) is 0 Å². The number of nitrogens with zero attached hydrogens (tertiary/aromatic N) is 1. The average molecular weight is 227 g/mol. The topological polar surface area (TPSA) is 20.3 Å². The minimum absolute atomic E-state index is 0.0459. The van der Waals surface area contributed by atoms with Gasteiger partial charge in [-0.3, -0.25) is 4.79 Å². The van der Waals surface area contributed by atoms with E-state index in [2.05, 4.69) is 12.5 Å². The molecule has 1 aliphatic carbocycles. The van der Waals surface area contributed by atoms with Crippen LogP contribution in [0.1, 0.15) is 19.8 Å². The predicted molar refractivity (Wildman–Crippen MR) is 71.0 cm³/mol. The lowest BCUT2D eigenvalue weighted by Crippen LogP contribution is -2.27. The zero-order valence-corrected chi connectivity index (χ0v) is 10.1. The number of terminal acetylenes is 1. The molecule has 0 aromatic rings. The number of rotatable bonds is 4. The van der Waals surface area contributed by atoms with Gasteiger partial charge in [0.15, 0.2) is 0 Å². The largest absolute Gasteiger partial charge is 0.304 e. The smallest absolute Gasteiger partial charge is 0.254 e. The molecule has 1 rings (SSSR count). The molecule has 88 valence electrons. The highest BCUT2D eigenvalue weighted by Gasteiger charge is 2.16. The van der Waals surface area contributed by atoms with Crippen LogP contribution in [0.5, 0.6) is 0 Å². The van der Waals surface area contributed by atoms with Crippen molar-refractivity contribution >= 4 is 5.91 Å². The molecule has 0 aromatic carbocycles. The lowest BCUT2D eigenvalue weighted by Gasteiger charge is -2.18. The Morgan fingerprint density at radius 3 is 2.88 bits per heavy atom. The highest BCUT2D eigenvalue weighted by Crippen LogP contribution is 2.20. The zero-order valence-electron chi connectivity index (χ0n) is 10.1. The van der Waals surface area contributed by atoms with E-state index in [0.29, 0.717) is 6.42 Å². The fraction of sp³-hybridized carbons (Fsp3) is 0.267. The van der Waals surface area contributed by atoms with E-state index in [1.165, 1.54) is 11.1 Å². The maximum atomic E-state index is 12.2. The lowest BCUT2D eigenvalue weighted by molar-refractivity contribution is -0.124. The van der Waals surface area contributed by atoms with Gasteiger partial charge >= 0.3 is 0 Å². The Balaban J connectivity index is 2.98. The fourth-order valence-electron chi connectivity index (χ4n) is 1.74. The van der Waals surface area contributed by atoms with Crippen LogP contribution in [-0.4, -0.2) is 17.4 Å². The summed E-state index contributed by atoms with van der Waals surface area (Å²) in [5.74, 6) is 2.41. The number of amides is 1. The molecule has 1 amide bonds.